The molecular formula is C20H20N2O2S. The maximum Gasteiger partial charge on any atom is 0.263 e. The molecule has 0 saturated carbocycles. The molecule has 4 nitrogen and oxygen atoms in total. The molecule has 2 aromatic heterocycles. The highest BCUT2D eigenvalue weighted by atomic mass is 32.1. The van der Waals surface area contributed by atoms with Gasteiger partial charge in [0.05, 0.1) is 18.5 Å². The molecule has 2 heterocycles. The Morgan fingerprint density at radius 2 is 2.08 bits per heavy atom. The first-order valence-corrected chi connectivity index (χ1v) is 9.10. The molecule has 0 saturated heterocycles. The minimum atomic E-state index is -0.0788. The highest BCUT2D eigenvalue weighted by Crippen LogP contribution is 2.31. The SMILES string of the molecule is C#CCn1c(CCOC)nc2scc(-c3ccc(CC)cc3)c2c1=O. The van der Waals surface area contributed by atoms with Crippen LogP contribution in [-0.2, 0) is 24.1 Å². The van der Waals surface area contributed by atoms with Crippen molar-refractivity contribution in [3.05, 3.63) is 51.4 Å². The van der Waals surface area contributed by atoms with Crippen LogP contribution in [0.5, 0.6) is 0 Å². The van der Waals surface area contributed by atoms with Crippen LogP contribution in [0.2, 0.25) is 0 Å². The monoisotopic (exact) mass is 352 g/mol. The second-order valence-corrected chi connectivity index (χ2v) is 6.60. The van der Waals surface area contributed by atoms with Gasteiger partial charge in [-0.1, -0.05) is 37.1 Å². The van der Waals surface area contributed by atoms with Crippen molar-refractivity contribution in [1.82, 2.24) is 9.55 Å². The van der Waals surface area contributed by atoms with Crippen LogP contribution in [0.1, 0.15) is 18.3 Å². The topological polar surface area (TPSA) is 44.1 Å². The predicted molar refractivity (Wildman–Crippen MR) is 103 cm³/mol. The minimum Gasteiger partial charge on any atom is -0.384 e. The molecule has 5 heteroatoms. The van der Waals surface area contributed by atoms with Crippen molar-refractivity contribution in [2.75, 3.05) is 13.7 Å². The van der Waals surface area contributed by atoms with Crippen molar-refractivity contribution in [2.45, 2.75) is 26.3 Å². The quantitative estimate of drug-likeness (QED) is 0.638. The molecule has 3 rings (SSSR count). The van der Waals surface area contributed by atoms with Crippen molar-refractivity contribution in [3.8, 4) is 23.5 Å². The summed E-state index contributed by atoms with van der Waals surface area (Å²) in [6.45, 7) is 2.84. The molecule has 0 bridgehead atoms. The normalized spacial score (nSPS) is 10.9. The molecule has 0 aliphatic carbocycles. The van der Waals surface area contributed by atoms with Crippen molar-refractivity contribution in [3.63, 3.8) is 0 Å². The molecule has 25 heavy (non-hydrogen) atoms. The number of ether oxygens (including phenoxy) is 1. The van der Waals surface area contributed by atoms with E-state index in [2.05, 4.69) is 42.1 Å². The van der Waals surface area contributed by atoms with E-state index in [1.54, 1.807) is 11.7 Å². The number of thiophene rings is 1. The Morgan fingerprint density at radius 1 is 1.32 bits per heavy atom. The Balaban J connectivity index is 2.17. The highest BCUT2D eigenvalue weighted by Gasteiger charge is 2.16. The lowest BCUT2D eigenvalue weighted by atomic mass is 10.0. The molecular weight excluding hydrogens is 332 g/mol. The van der Waals surface area contributed by atoms with E-state index in [1.807, 2.05) is 5.38 Å². The number of benzene rings is 1. The first-order chi connectivity index (χ1) is 12.2. The smallest absolute Gasteiger partial charge is 0.263 e. The summed E-state index contributed by atoms with van der Waals surface area (Å²) in [5.41, 5.74) is 3.14. The Hall–Kier alpha value is -2.42. The first-order valence-electron chi connectivity index (χ1n) is 8.22. The Kier molecular flexibility index (Phi) is 5.32. The number of nitrogens with zero attached hydrogens (tertiary/aromatic N) is 2. The zero-order chi connectivity index (χ0) is 17.8. The first kappa shape index (κ1) is 17.4. The number of fused-ring (bicyclic) bond motifs is 1. The van der Waals surface area contributed by atoms with Gasteiger partial charge in [-0.25, -0.2) is 4.98 Å². The molecule has 0 fully saturated rings. The summed E-state index contributed by atoms with van der Waals surface area (Å²) < 4.78 is 6.70. The van der Waals surface area contributed by atoms with Crippen molar-refractivity contribution in [2.24, 2.45) is 0 Å². The van der Waals surface area contributed by atoms with Gasteiger partial charge in [-0.2, -0.15) is 0 Å². The molecule has 0 aliphatic heterocycles. The van der Waals surface area contributed by atoms with E-state index in [-0.39, 0.29) is 12.1 Å². The van der Waals surface area contributed by atoms with Crippen molar-refractivity contribution < 1.29 is 4.74 Å². The number of hydrogen-bond acceptors (Lipinski definition) is 4. The average Bonchev–Trinajstić information content (AvgIpc) is 3.07. The second kappa shape index (κ2) is 7.64. The number of hydrogen-bond donors (Lipinski definition) is 0. The Morgan fingerprint density at radius 3 is 2.72 bits per heavy atom. The summed E-state index contributed by atoms with van der Waals surface area (Å²) in [6.07, 6.45) is 7.01. The van der Waals surface area contributed by atoms with Gasteiger partial charge in [0.25, 0.3) is 5.56 Å². The summed E-state index contributed by atoms with van der Waals surface area (Å²) in [5, 5.41) is 2.64. The maximum atomic E-state index is 13.1. The van der Waals surface area contributed by atoms with E-state index in [1.165, 1.54) is 16.9 Å². The van der Waals surface area contributed by atoms with E-state index in [0.717, 1.165) is 22.4 Å². The minimum absolute atomic E-state index is 0.0788. The zero-order valence-corrected chi connectivity index (χ0v) is 15.2. The third kappa shape index (κ3) is 3.37. The fourth-order valence-electron chi connectivity index (χ4n) is 2.84. The predicted octanol–water partition coefficient (Wildman–Crippen LogP) is 3.51. The lowest BCUT2D eigenvalue weighted by Gasteiger charge is -2.10. The lowest BCUT2D eigenvalue weighted by molar-refractivity contribution is 0.199. The molecule has 1 aromatic carbocycles. The van der Waals surface area contributed by atoms with E-state index in [0.29, 0.717) is 24.2 Å². The summed E-state index contributed by atoms with van der Waals surface area (Å²) in [7, 11) is 1.63. The van der Waals surface area contributed by atoms with Crippen LogP contribution in [0.4, 0.5) is 0 Å². The van der Waals surface area contributed by atoms with Gasteiger partial charge >= 0.3 is 0 Å². The van der Waals surface area contributed by atoms with Gasteiger partial charge in [0.15, 0.2) is 0 Å². The van der Waals surface area contributed by atoms with Crippen LogP contribution in [0.25, 0.3) is 21.3 Å². The average molecular weight is 352 g/mol. The number of rotatable bonds is 6. The van der Waals surface area contributed by atoms with E-state index in [4.69, 9.17) is 11.2 Å². The highest BCUT2D eigenvalue weighted by molar-refractivity contribution is 7.17. The number of aromatic nitrogens is 2. The van der Waals surface area contributed by atoms with Gasteiger partial charge in [-0.3, -0.25) is 9.36 Å². The van der Waals surface area contributed by atoms with Crippen LogP contribution >= 0.6 is 11.3 Å². The van der Waals surface area contributed by atoms with E-state index < -0.39 is 0 Å². The van der Waals surface area contributed by atoms with Gasteiger partial charge in [-0.15, -0.1) is 17.8 Å². The van der Waals surface area contributed by atoms with Crippen LogP contribution in [0.3, 0.4) is 0 Å². The third-order valence-corrected chi connectivity index (χ3v) is 5.10. The van der Waals surface area contributed by atoms with E-state index in [9.17, 15) is 4.79 Å². The molecule has 0 atom stereocenters. The van der Waals surface area contributed by atoms with Crippen LogP contribution in [0, 0.1) is 12.3 Å². The summed E-state index contributed by atoms with van der Waals surface area (Å²) in [4.78, 5) is 18.5. The number of terminal acetylenes is 1. The maximum absolute atomic E-state index is 13.1. The number of aryl methyl sites for hydroxylation is 1. The zero-order valence-electron chi connectivity index (χ0n) is 14.4. The molecule has 128 valence electrons. The van der Waals surface area contributed by atoms with Crippen LogP contribution in [0.15, 0.2) is 34.4 Å². The standard InChI is InChI=1S/C20H20N2O2S/c1-4-11-22-17(10-12-24-3)21-19-18(20(22)23)16(13-25-19)15-8-6-14(5-2)7-9-15/h1,6-9,13H,5,10-12H2,2-3H3. The van der Waals surface area contributed by atoms with Crippen molar-refractivity contribution in [1.29, 1.82) is 0 Å². The van der Waals surface area contributed by atoms with Crippen molar-refractivity contribution >= 4 is 21.6 Å². The van der Waals surface area contributed by atoms with Gasteiger partial charge < -0.3 is 4.74 Å². The molecule has 0 unspecified atom stereocenters. The third-order valence-electron chi connectivity index (χ3n) is 4.23. The van der Waals surface area contributed by atoms with Crippen LogP contribution in [-0.4, -0.2) is 23.3 Å². The van der Waals surface area contributed by atoms with Gasteiger partial charge in [0.1, 0.15) is 10.7 Å². The molecule has 0 N–H and O–H groups in total. The largest absolute Gasteiger partial charge is 0.384 e. The molecule has 3 aromatic rings. The number of methoxy groups -OCH3 is 1. The molecule has 0 amide bonds. The molecule has 0 aliphatic rings. The summed E-state index contributed by atoms with van der Waals surface area (Å²) in [5.74, 6) is 3.23. The van der Waals surface area contributed by atoms with Gasteiger partial charge in [-0.05, 0) is 17.5 Å². The Labute approximate surface area is 151 Å². The lowest BCUT2D eigenvalue weighted by Crippen LogP contribution is -2.25. The van der Waals surface area contributed by atoms with E-state index >= 15 is 0 Å². The Bertz CT molecular complexity index is 978. The fraction of sp³-hybridized carbons (Fsp3) is 0.300. The molecule has 0 spiro atoms. The summed E-state index contributed by atoms with van der Waals surface area (Å²) >= 11 is 1.49. The van der Waals surface area contributed by atoms with Crippen LogP contribution < -0.4 is 5.56 Å². The van der Waals surface area contributed by atoms with Gasteiger partial charge in [0.2, 0.25) is 0 Å². The summed E-state index contributed by atoms with van der Waals surface area (Å²) in [6, 6.07) is 8.31. The fourth-order valence-corrected chi connectivity index (χ4v) is 3.79. The second-order valence-electron chi connectivity index (χ2n) is 5.75. The van der Waals surface area contributed by atoms with Gasteiger partial charge in [0, 0.05) is 24.5 Å². The molecule has 0 radical (unpaired) electrons.